The fourth-order valence-electron chi connectivity index (χ4n) is 1.82. The highest BCUT2D eigenvalue weighted by atomic mass is 35.5. The standard InChI is InChI=1S/C11H11ClF2N4O2S/c1-2-3-18-10(16-17-11(18)21(15,19)20)6-4-9(14)7(12)5-8(6)13/h4-5H,2-3H2,1H3,(H2,15,19,20). The number of hydrogen-bond donors (Lipinski definition) is 1. The molecule has 0 unspecified atom stereocenters. The van der Waals surface area contributed by atoms with Gasteiger partial charge in [0.05, 0.1) is 10.6 Å². The summed E-state index contributed by atoms with van der Waals surface area (Å²) in [5, 5.41) is 11.2. The van der Waals surface area contributed by atoms with Gasteiger partial charge in [-0.1, -0.05) is 18.5 Å². The second-order valence-corrected chi connectivity index (χ2v) is 6.11. The highest BCUT2D eigenvalue weighted by molar-refractivity contribution is 7.89. The lowest BCUT2D eigenvalue weighted by Crippen LogP contribution is -2.19. The molecule has 0 aliphatic rings. The van der Waals surface area contributed by atoms with Crippen molar-refractivity contribution in [3.05, 3.63) is 28.8 Å². The van der Waals surface area contributed by atoms with Gasteiger partial charge in [-0.25, -0.2) is 22.3 Å². The Balaban J connectivity index is 2.70. The van der Waals surface area contributed by atoms with Crippen molar-refractivity contribution in [1.29, 1.82) is 0 Å². The smallest absolute Gasteiger partial charge is 0.273 e. The lowest BCUT2D eigenvalue weighted by atomic mass is 10.2. The Kier molecular flexibility index (Phi) is 4.26. The van der Waals surface area contributed by atoms with E-state index < -0.39 is 26.8 Å². The van der Waals surface area contributed by atoms with E-state index in [-0.39, 0.29) is 23.0 Å². The first-order valence-electron chi connectivity index (χ1n) is 5.86. The highest BCUT2D eigenvalue weighted by Gasteiger charge is 2.24. The van der Waals surface area contributed by atoms with Crippen LogP contribution in [0.2, 0.25) is 5.02 Å². The lowest BCUT2D eigenvalue weighted by Gasteiger charge is -2.09. The van der Waals surface area contributed by atoms with E-state index in [1.54, 1.807) is 6.92 Å². The van der Waals surface area contributed by atoms with E-state index in [4.69, 9.17) is 16.7 Å². The Morgan fingerprint density at radius 3 is 2.52 bits per heavy atom. The second-order valence-electron chi connectivity index (χ2n) is 4.25. The largest absolute Gasteiger partial charge is 0.297 e. The minimum absolute atomic E-state index is 0.131. The summed E-state index contributed by atoms with van der Waals surface area (Å²) in [7, 11) is -4.13. The molecule has 1 heterocycles. The van der Waals surface area contributed by atoms with Crippen molar-refractivity contribution in [2.75, 3.05) is 0 Å². The summed E-state index contributed by atoms with van der Waals surface area (Å²) in [6.07, 6.45) is 0.519. The summed E-state index contributed by atoms with van der Waals surface area (Å²) in [5.74, 6) is -1.82. The zero-order valence-electron chi connectivity index (χ0n) is 10.8. The van der Waals surface area contributed by atoms with Crippen LogP contribution >= 0.6 is 11.6 Å². The SMILES string of the molecule is CCCn1c(-c2cc(F)c(Cl)cc2F)nnc1S(N)(=O)=O. The quantitative estimate of drug-likeness (QED) is 0.864. The zero-order valence-corrected chi connectivity index (χ0v) is 12.4. The molecule has 10 heteroatoms. The zero-order chi connectivity index (χ0) is 15.8. The summed E-state index contributed by atoms with van der Waals surface area (Å²) in [5.41, 5.74) is -0.243. The van der Waals surface area contributed by atoms with Crippen molar-refractivity contribution in [1.82, 2.24) is 14.8 Å². The number of primary sulfonamides is 1. The number of hydrogen-bond acceptors (Lipinski definition) is 4. The van der Waals surface area contributed by atoms with Crippen LogP contribution in [0.1, 0.15) is 13.3 Å². The van der Waals surface area contributed by atoms with E-state index in [1.165, 1.54) is 0 Å². The van der Waals surface area contributed by atoms with E-state index in [0.717, 1.165) is 16.7 Å². The number of nitrogens with zero attached hydrogens (tertiary/aromatic N) is 3. The third-order valence-electron chi connectivity index (χ3n) is 2.67. The Bertz CT molecular complexity index is 792. The topological polar surface area (TPSA) is 90.9 Å². The normalized spacial score (nSPS) is 11.9. The molecule has 2 rings (SSSR count). The average Bonchev–Trinajstić information content (AvgIpc) is 2.78. The van der Waals surface area contributed by atoms with Gasteiger partial charge in [0.1, 0.15) is 11.6 Å². The molecular weight excluding hydrogens is 326 g/mol. The summed E-state index contributed by atoms with van der Waals surface area (Å²) >= 11 is 5.48. The minimum Gasteiger partial charge on any atom is -0.297 e. The maximum absolute atomic E-state index is 13.9. The first kappa shape index (κ1) is 15.8. The fourth-order valence-corrected chi connectivity index (χ4v) is 2.61. The molecule has 0 aliphatic heterocycles. The minimum atomic E-state index is -4.13. The molecule has 1 aromatic heterocycles. The predicted octanol–water partition coefficient (Wildman–Crippen LogP) is 1.93. The molecule has 6 nitrogen and oxygen atoms in total. The van der Waals surface area contributed by atoms with Crippen molar-refractivity contribution in [2.45, 2.75) is 25.0 Å². The van der Waals surface area contributed by atoms with Gasteiger partial charge in [-0.2, -0.15) is 0 Å². The number of rotatable bonds is 4. The van der Waals surface area contributed by atoms with E-state index in [9.17, 15) is 17.2 Å². The van der Waals surface area contributed by atoms with E-state index in [0.29, 0.717) is 6.42 Å². The van der Waals surface area contributed by atoms with Crippen LogP contribution in [0.15, 0.2) is 17.3 Å². The highest BCUT2D eigenvalue weighted by Crippen LogP contribution is 2.28. The molecule has 21 heavy (non-hydrogen) atoms. The fraction of sp³-hybridized carbons (Fsp3) is 0.273. The molecule has 0 fully saturated rings. The van der Waals surface area contributed by atoms with E-state index >= 15 is 0 Å². The van der Waals surface area contributed by atoms with Crippen LogP contribution < -0.4 is 5.14 Å². The number of sulfonamides is 1. The first-order chi connectivity index (χ1) is 9.75. The average molecular weight is 337 g/mol. The monoisotopic (exact) mass is 336 g/mol. The lowest BCUT2D eigenvalue weighted by molar-refractivity contribution is 0.557. The molecule has 0 saturated carbocycles. The van der Waals surface area contributed by atoms with Crippen LogP contribution in [-0.2, 0) is 16.6 Å². The van der Waals surface area contributed by atoms with Gasteiger partial charge in [0.15, 0.2) is 5.82 Å². The van der Waals surface area contributed by atoms with Gasteiger partial charge in [-0.15, -0.1) is 10.2 Å². The molecule has 0 spiro atoms. The Morgan fingerprint density at radius 2 is 1.95 bits per heavy atom. The maximum atomic E-state index is 13.9. The number of aromatic nitrogens is 3. The summed E-state index contributed by atoms with van der Waals surface area (Å²) in [6.45, 7) is 1.95. The Morgan fingerprint density at radius 1 is 1.29 bits per heavy atom. The molecule has 0 aliphatic carbocycles. The van der Waals surface area contributed by atoms with Crippen molar-refractivity contribution >= 4 is 21.6 Å². The van der Waals surface area contributed by atoms with Gasteiger partial charge in [0.25, 0.3) is 15.2 Å². The third-order valence-corrected chi connectivity index (χ3v) is 3.77. The summed E-state index contributed by atoms with van der Waals surface area (Å²) in [4.78, 5) is 0. The molecule has 0 saturated heterocycles. The van der Waals surface area contributed by atoms with Gasteiger partial charge >= 0.3 is 0 Å². The molecule has 0 radical (unpaired) electrons. The molecule has 114 valence electrons. The molecule has 0 amide bonds. The predicted molar refractivity (Wildman–Crippen MR) is 72.0 cm³/mol. The van der Waals surface area contributed by atoms with Gasteiger partial charge in [-0.3, -0.25) is 4.57 Å². The first-order valence-corrected chi connectivity index (χ1v) is 7.79. The molecular formula is C11H11ClF2N4O2S. The molecule has 1 aromatic carbocycles. The molecule has 0 bridgehead atoms. The van der Waals surface area contributed by atoms with Crippen LogP contribution in [0.4, 0.5) is 8.78 Å². The van der Waals surface area contributed by atoms with Crippen molar-refractivity contribution in [3.63, 3.8) is 0 Å². The van der Waals surface area contributed by atoms with Crippen LogP contribution in [0.3, 0.4) is 0 Å². The number of halogens is 3. The Labute approximate surface area is 124 Å². The third kappa shape index (κ3) is 3.04. The Hall–Kier alpha value is -1.58. The number of nitrogens with two attached hydrogens (primary N) is 1. The van der Waals surface area contributed by atoms with Gasteiger partial charge < -0.3 is 0 Å². The van der Waals surface area contributed by atoms with Crippen molar-refractivity contribution in [3.8, 4) is 11.4 Å². The van der Waals surface area contributed by atoms with E-state index in [1.807, 2.05) is 0 Å². The number of benzene rings is 1. The summed E-state index contributed by atoms with van der Waals surface area (Å²) in [6, 6.07) is 1.62. The molecule has 0 atom stereocenters. The molecule has 2 aromatic rings. The maximum Gasteiger partial charge on any atom is 0.273 e. The van der Waals surface area contributed by atoms with Crippen LogP contribution in [0, 0.1) is 11.6 Å². The van der Waals surface area contributed by atoms with Crippen molar-refractivity contribution < 1.29 is 17.2 Å². The summed E-state index contributed by atoms with van der Waals surface area (Å²) < 4.78 is 51.4. The van der Waals surface area contributed by atoms with Crippen LogP contribution in [0.25, 0.3) is 11.4 Å². The second kappa shape index (κ2) is 5.66. The van der Waals surface area contributed by atoms with Gasteiger partial charge in [0, 0.05) is 6.54 Å². The molecule has 2 N–H and O–H groups in total. The van der Waals surface area contributed by atoms with E-state index in [2.05, 4.69) is 10.2 Å². The van der Waals surface area contributed by atoms with Gasteiger partial charge in [-0.05, 0) is 18.6 Å². The van der Waals surface area contributed by atoms with Crippen LogP contribution in [-0.4, -0.2) is 23.2 Å². The van der Waals surface area contributed by atoms with Crippen molar-refractivity contribution in [2.24, 2.45) is 5.14 Å². The van der Waals surface area contributed by atoms with Crippen LogP contribution in [0.5, 0.6) is 0 Å². The van der Waals surface area contributed by atoms with Gasteiger partial charge in [0.2, 0.25) is 0 Å².